The summed E-state index contributed by atoms with van der Waals surface area (Å²) in [4.78, 5) is 37.6. The van der Waals surface area contributed by atoms with Gasteiger partial charge in [-0.15, -0.1) is 0 Å². The Kier molecular flexibility index (Phi) is 6.50. The van der Waals surface area contributed by atoms with Gasteiger partial charge in [0.25, 0.3) is 0 Å². The van der Waals surface area contributed by atoms with Crippen molar-refractivity contribution in [2.45, 2.75) is 12.3 Å². The van der Waals surface area contributed by atoms with Gasteiger partial charge in [-0.1, -0.05) is 12.1 Å². The third-order valence-electron chi connectivity index (χ3n) is 6.52. The number of allylic oxidation sites excluding steroid dienone is 1. The second-order valence-corrected chi connectivity index (χ2v) is 8.59. The Labute approximate surface area is 218 Å². The molecule has 0 spiro atoms. The molecule has 0 radical (unpaired) electrons. The first-order valence-corrected chi connectivity index (χ1v) is 11.7. The third kappa shape index (κ3) is 4.21. The summed E-state index contributed by atoms with van der Waals surface area (Å²) in [6.45, 7) is 0. The van der Waals surface area contributed by atoms with E-state index in [1.807, 2.05) is 0 Å². The summed E-state index contributed by atoms with van der Waals surface area (Å²) in [5, 5.41) is 0. The van der Waals surface area contributed by atoms with Gasteiger partial charge in [-0.05, 0) is 42.0 Å². The van der Waals surface area contributed by atoms with Gasteiger partial charge in [-0.25, -0.2) is 4.79 Å². The zero-order valence-corrected chi connectivity index (χ0v) is 21.2. The Morgan fingerprint density at radius 1 is 0.868 bits per heavy atom. The van der Waals surface area contributed by atoms with Crippen molar-refractivity contribution in [1.29, 1.82) is 0 Å². The molecule has 1 unspecified atom stereocenters. The van der Waals surface area contributed by atoms with Crippen molar-refractivity contribution in [3.8, 4) is 28.7 Å². The first kappa shape index (κ1) is 24.9. The molecule has 3 aromatic rings. The molecule has 9 heteroatoms. The van der Waals surface area contributed by atoms with Gasteiger partial charge in [0.1, 0.15) is 17.2 Å². The zero-order chi connectivity index (χ0) is 27.0. The number of hydrogen-bond acceptors (Lipinski definition) is 9. The number of fused-ring (bicyclic) bond motifs is 3. The van der Waals surface area contributed by atoms with Gasteiger partial charge in [0.05, 0.1) is 46.0 Å². The molecule has 0 N–H and O–H groups in total. The average Bonchev–Trinajstić information content (AvgIpc) is 3.26. The van der Waals surface area contributed by atoms with E-state index < -0.39 is 17.9 Å². The summed E-state index contributed by atoms with van der Waals surface area (Å²) < 4.78 is 32.9. The third-order valence-corrected chi connectivity index (χ3v) is 6.52. The van der Waals surface area contributed by atoms with Crippen LogP contribution in [0, 0.1) is 0 Å². The van der Waals surface area contributed by atoms with E-state index in [1.54, 1.807) is 54.6 Å². The minimum atomic E-state index is -0.539. The van der Waals surface area contributed by atoms with E-state index in [4.69, 9.17) is 28.4 Å². The van der Waals surface area contributed by atoms with Crippen molar-refractivity contribution >= 4 is 23.8 Å². The fourth-order valence-electron chi connectivity index (χ4n) is 4.68. The summed E-state index contributed by atoms with van der Waals surface area (Å²) >= 11 is 0. The molecule has 0 saturated carbocycles. The highest BCUT2D eigenvalue weighted by Crippen LogP contribution is 2.51. The smallest absolute Gasteiger partial charge is 0.337 e. The number of carbonyl (C=O) groups is 3. The maximum absolute atomic E-state index is 13.3. The standard InChI is InChI=1S/C29H24O9/c1-33-21-14-23(35-3)22(34-2)12-18(21)19-13-25(30)37-20-10-9-17-27(31)24(38-28(17)26(19)20)11-15-5-7-16(8-6-15)29(32)36-4/h5-12,14,19H,13H2,1-4H3/b24-11-. The van der Waals surface area contributed by atoms with Crippen LogP contribution in [0.3, 0.4) is 0 Å². The van der Waals surface area contributed by atoms with Crippen LogP contribution in [-0.2, 0) is 9.53 Å². The van der Waals surface area contributed by atoms with Crippen molar-refractivity contribution in [2.75, 3.05) is 28.4 Å². The molecule has 0 aromatic heterocycles. The molecule has 2 heterocycles. The van der Waals surface area contributed by atoms with Crippen LogP contribution in [0.2, 0.25) is 0 Å². The first-order chi connectivity index (χ1) is 18.4. The Bertz CT molecular complexity index is 1480. The normalized spacial score (nSPS) is 16.7. The maximum Gasteiger partial charge on any atom is 0.337 e. The Hall–Kier alpha value is -4.79. The molecule has 0 fully saturated rings. The zero-order valence-electron chi connectivity index (χ0n) is 21.2. The van der Waals surface area contributed by atoms with E-state index in [0.29, 0.717) is 56.6 Å². The van der Waals surface area contributed by atoms with E-state index in [2.05, 4.69) is 0 Å². The minimum absolute atomic E-state index is 0.000878. The van der Waals surface area contributed by atoms with Crippen molar-refractivity contribution < 1.29 is 42.8 Å². The lowest BCUT2D eigenvalue weighted by atomic mass is 9.84. The van der Waals surface area contributed by atoms with Gasteiger partial charge in [0, 0.05) is 23.1 Å². The van der Waals surface area contributed by atoms with Crippen LogP contribution in [0.5, 0.6) is 28.7 Å². The van der Waals surface area contributed by atoms with E-state index in [9.17, 15) is 14.4 Å². The molecule has 2 aliphatic rings. The number of ether oxygens (including phenoxy) is 6. The first-order valence-electron chi connectivity index (χ1n) is 11.7. The van der Waals surface area contributed by atoms with Gasteiger partial charge in [-0.2, -0.15) is 0 Å². The summed E-state index contributed by atoms with van der Waals surface area (Å²) in [6.07, 6.45) is 1.59. The molecule has 0 amide bonds. The summed E-state index contributed by atoms with van der Waals surface area (Å²) in [6, 6.07) is 13.2. The Morgan fingerprint density at radius 3 is 2.21 bits per heavy atom. The van der Waals surface area contributed by atoms with Crippen LogP contribution in [0.25, 0.3) is 6.08 Å². The van der Waals surface area contributed by atoms with E-state index in [1.165, 1.54) is 28.4 Å². The number of methoxy groups -OCH3 is 4. The fourth-order valence-corrected chi connectivity index (χ4v) is 4.68. The number of hydrogen-bond donors (Lipinski definition) is 0. The molecule has 2 aliphatic heterocycles. The predicted molar refractivity (Wildman–Crippen MR) is 135 cm³/mol. The highest BCUT2D eigenvalue weighted by atomic mass is 16.5. The maximum atomic E-state index is 13.3. The second-order valence-electron chi connectivity index (χ2n) is 8.59. The predicted octanol–water partition coefficient (Wildman–Crippen LogP) is 4.56. The molecule has 38 heavy (non-hydrogen) atoms. The Balaban J connectivity index is 1.59. The van der Waals surface area contributed by atoms with Crippen LogP contribution < -0.4 is 23.7 Å². The van der Waals surface area contributed by atoms with Gasteiger partial charge in [-0.3, -0.25) is 9.59 Å². The number of benzene rings is 3. The highest BCUT2D eigenvalue weighted by molar-refractivity contribution is 6.15. The SMILES string of the molecule is COC(=O)c1ccc(/C=C2\Oc3c(ccc4c3C(c3cc(OC)c(OC)cc3OC)CC(=O)O4)C2=O)cc1. The number of ketones is 1. The molecule has 0 bridgehead atoms. The lowest BCUT2D eigenvalue weighted by Gasteiger charge is -2.28. The van der Waals surface area contributed by atoms with Crippen molar-refractivity contribution in [1.82, 2.24) is 0 Å². The molecular formula is C29H24O9. The van der Waals surface area contributed by atoms with Crippen molar-refractivity contribution in [3.63, 3.8) is 0 Å². The molecule has 3 aromatic carbocycles. The monoisotopic (exact) mass is 516 g/mol. The van der Waals surface area contributed by atoms with Gasteiger partial charge in [0.15, 0.2) is 17.3 Å². The van der Waals surface area contributed by atoms with E-state index in [-0.39, 0.29) is 18.0 Å². The summed E-state index contributed by atoms with van der Waals surface area (Å²) in [7, 11) is 5.87. The largest absolute Gasteiger partial charge is 0.496 e. The summed E-state index contributed by atoms with van der Waals surface area (Å²) in [5.74, 6) is 0.414. The molecule has 194 valence electrons. The molecule has 1 atom stereocenters. The molecule has 5 rings (SSSR count). The van der Waals surface area contributed by atoms with Gasteiger partial charge >= 0.3 is 11.9 Å². The number of carbonyl (C=O) groups excluding carboxylic acids is 3. The molecule has 9 nitrogen and oxygen atoms in total. The van der Waals surface area contributed by atoms with Gasteiger partial charge < -0.3 is 28.4 Å². The molecular weight excluding hydrogens is 492 g/mol. The fraction of sp³-hybridized carbons (Fsp3) is 0.207. The van der Waals surface area contributed by atoms with Gasteiger partial charge in [0.2, 0.25) is 5.78 Å². The highest BCUT2D eigenvalue weighted by Gasteiger charge is 2.39. The lowest BCUT2D eigenvalue weighted by molar-refractivity contribution is -0.135. The van der Waals surface area contributed by atoms with Crippen molar-refractivity contribution in [3.05, 3.63) is 82.1 Å². The minimum Gasteiger partial charge on any atom is -0.496 e. The van der Waals surface area contributed by atoms with Crippen LogP contribution in [0.1, 0.15) is 49.7 Å². The number of esters is 2. The lowest BCUT2D eigenvalue weighted by Crippen LogP contribution is -2.22. The van der Waals surface area contributed by atoms with Crippen LogP contribution >= 0.6 is 0 Å². The second kappa shape index (κ2) is 9.93. The number of Topliss-reactive ketones (excluding diaryl/α,β-unsaturated/α-hetero) is 1. The van der Waals surface area contributed by atoms with E-state index in [0.717, 1.165) is 0 Å². The number of rotatable bonds is 6. The topological polar surface area (TPSA) is 107 Å². The molecule has 0 aliphatic carbocycles. The average molecular weight is 517 g/mol. The molecule has 0 saturated heterocycles. The van der Waals surface area contributed by atoms with E-state index >= 15 is 0 Å². The van der Waals surface area contributed by atoms with Crippen LogP contribution in [-0.4, -0.2) is 46.2 Å². The quantitative estimate of drug-likeness (QED) is 0.265. The summed E-state index contributed by atoms with van der Waals surface area (Å²) in [5.41, 5.74) is 2.61. The van der Waals surface area contributed by atoms with Crippen molar-refractivity contribution in [2.24, 2.45) is 0 Å². The van der Waals surface area contributed by atoms with Crippen LogP contribution in [0.15, 0.2) is 54.3 Å². The van der Waals surface area contributed by atoms with Crippen LogP contribution in [0.4, 0.5) is 0 Å². The Morgan fingerprint density at radius 2 is 1.55 bits per heavy atom.